The Kier molecular flexibility index (Phi) is 9.83. The lowest BCUT2D eigenvalue weighted by molar-refractivity contribution is -0.149. The van der Waals surface area contributed by atoms with Crippen LogP contribution in [0.5, 0.6) is 5.75 Å². The highest BCUT2D eigenvalue weighted by molar-refractivity contribution is 6.31. The van der Waals surface area contributed by atoms with Crippen LogP contribution in [0.25, 0.3) is 16.5 Å². The van der Waals surface area contributed by atoms with Gasteiger partial charge in [-0.2, -0.15) is 0 Å². The van der Waals surface area contributed by atoms with Crippen LogP contribution in [0.1, 0.15) is 68.2 Å². The van der Waals surface area contributed by atoms with Gasteiger partial charge in [-0.25, -0.2) is 9.78 Å². The summed E-state index contributed by atoms with van der Waals surface area (Å²) in [6.07, 6.45) is 4.56. The predicted molar refractivity (Wildman–Crippen MR) is 192 cm³/mol. The molecule has 0 amide bonds. The van der Waals surface area contributed by atoms with Crippen molar-refractivity contribution in [2.75, 3.05) is 7.11 Å². The van der Waals surface area contributed by atoms with Crippen LogP contribution in [0.4, 0.5) is 0 Å². The Morgan fingerprint density at radius 2 is 1.59 bits per heavy atom. The molecule has 6 aromatic rings. The van der Waals surface area contributed by atoms with Crippen molar-refractivity contribution < 1.29 is 23.8 Å². The number of esters is 2. The molecule has 0 saturated heterocycles. The number of imidazole rings is 1. The second kappa shape index (κ2) is 14.4. The first-order chi connectivity index (χ1) is 23.6. The van der Waals surface area contributed by atoms with Crippen LogP contribution in [0.15, 0.2) is 110 Å². The number of carbonyl (C=O) groups excluding carboxylic acids is 2. The highest BCUT2D eigenvalue weighted by atomic mass is 35.5. The SMILES string of the molecule is COc1ccc2cc([C@H](C)C(=O)OC(c3cc(-n4ccnc4)ccc3C)c3c(C)cc(C(=O)OCc4ccccc4Cl)cc3C)ccc2c1. The Morgan fingerprint density at radius 1 is 0.857 bits per heavy atom. The van der Waals surface area contributed by atoms with E-state index in [1.54, 1.807) is 37.8 Å². The summed E-state index contributed by atoms with van der Waals surface area (Å²) in [5.74, 6) is -0.611. The molecule has 0 saturated carbocycles. The van der Waals surface area contributed by atoms with Gasteiger partial charge in [0.1, 0.15) is 12.4 Å². The summed E-state index contributed by atoms with van der Waals surface area (Å²) < 4.78 is 19.4. The quantitative estimate of drug-likeness (QED) is 0.135. The highest BCUT2D eigenvalue weighted by Gasteiger charge is 2.29. The molecule has 6 rings (SSSR count). The number of ether oxygens (including phenoxy) is 3. The molecule has 5 aromatic carbocycles. The van der Waals surface area contributed by atoms with Gasteiger partial charge >= 0.3 is 11.9 Å². The van der Waals surface area contributed by atoms with Crippen molar-refractivity contribution >= 4 is 34.3 Å². The molecule has 0 aliphatic carbocycles. The number of carbonyl (C=O) groups is 2. The molecule has 1 heterocycles. The number of aryl methyl sites for hydroxylation is 3. The summed E-state index contributed by atoms with van der Waals surface area (Å²) in [5.41, 5.74) is 7.03. The van der Waals surface area contributed by atoms with E-state index in [1.807, 2.05) is 111 Å². The molecular formula is C41H37ClN2O5. The monoisotopic (exact) mass is 672 g/mol. The van der Waals surface area contributed by atoms with Crippen molar-refractivity contribution in [1.82, 2.24) is 9.55 Å². The Morgan fingerprint density at radius 3 is 2.31 bits per heavy atom. The van der Waals surface area contributed by atoms with Crippen molar-refractivity contribution in [1.29, 1.82) is 0 Å². The molecule has 0 aliphatic rings. The maximum Gasteiger partial charge on any atom is 0.338 e. The minimum Gasteiger partial charge on any atom is -0.497 e. The van der Waals surface area contributed by atoms with Gasteiger partial charge in [-0.3, -0.25) is 4.79 Å². The second-order valence-electron chi connectivity index (χ2n) is 12.2. The molecule has 49 heavy (non-hydrogen) atoms. The third-order valence-electron chi connectivity index (χ3n) is 8.92. The zero-order valence-electron chi connectivity index (χ0n) is 28.1. The van der Waals surface area contributed by atoms with Gasteiger partial charge in [0.05, 0.1) is 24.9 Å². The van der Waals surface area contributed by atoms with Crippen molar-refractivity contribution in [2.24, 2.45) is 0 Å². The summed E-state index contributed by atoms with van der Waals surface area (Å²) in [7, 11) is 1.64. The molecular weight excluding hydrogens is 636 g/mol. The standard InChI is InChI=1S/C41H37ClN2O5/c1-25-10-14-34(44-17-16-43-24-44)22-36(25)39(49-40(45)28(4)29-11-12-31-21-35(47-5)15-13-30(31)20-29)38-26(2)18-33(19-27(38)3)41(46)48-23-32-8-6-7-9-37(32)42/h6-22,24,28,39H,23H2,1-5H3/t28-,39?/m0/s1. The maximum absolute atomic E-state index is 14.1. The van der Waals surface area contributed by atoms with Crippen LogP contribution in [0, 0.1) is 20.8 Å². The number of aromatic nitrogens is 2. The minimum atomic E-state index is -0.753. The Labute approximate surface area is 291 Å². The summed E-state index contributed by atoms with van der Waals surface area (Å²) in [6, 6.07) is 28.7. The van der Waals surface area contributed by atoms with E-state index in [0.717, 1.165) is 61.2 Å². The average molecular weight is 673 g/mol. The van der Waals surface area contributed by atoms with E-state index in [0.29, 0.717) is 10.6 Å². The number of hydrogen-bond donors (Lipinski definition) is 0. The van der Waals surface area contributed by atoms with E-state index in [9.17, 15) is 9.59 Å². The summed E-state index contributed by atoms with van der Waals surface area (Å²) in [5, 5.41) is 2.56. The lowest BCUT2D eigenvalue weighted by atomic mass is 9.89. The average Bonchev–Trinajstić information content (AvgIpc) is 3.65. The molecule has 0 aliphatic heterocycles. The first kappa shape index (κ1) is 33.5. The van der Waals surface area contributed by atoms with E-state index in [-0.39, 0.29) is 12.6 Å². The van der Waals surface area contributed by atoms with E-state index in [2.05, 4.69) is 4.98 Å². The molecule has 2 atom stereocenters. The Hall–Kier alpha value is -5.40. The number of benzene rings is 5. The lowest BCUT2D eigenvalue weighted by Crippen LogP contribution is -2.20. The van der Waals surface area contributed by atoms with Crippen molar-refractivity contribution in [3.8, 4) is 11.4 Å². The highest BCUT2D eigenvalue weighted by Crippen LogP contribution is 2.37. The molecule has 1 aromatic heterocycles. The number of halogens is 1. The van der Waals surface area contributed by atoms with E-state index in [4.69, 9.17) is 25.8 Å². The van der Waals surface area contributed by atoms with E-state index < -0.39 is 18.0 Å². The first-order valence-corrected chi connectivity index (χ1v) is 16.4. The number of fused-ring (bicyclic) bond motifs is 1. The number of hydrogen-bond acceptors (Lipinski definition) is 6. The smallest absolute Gasteiger partial charge is 0.338 e. The molecule has 0 spiro atoms. The third-order valence-corrected chi connectivity index (χ3v) is 9.28. The predicted octanol–water partition coefficient (Wildman–Crippen LogP) is 9.41. The molecule has 8 heteroatoms. The Bertz CT molecular complexity index is 2130. The van der Waals surface area contributed by atoms with Crippen molar-refractivity contribution in [2.45, 2.75) is 46.3 Å². The summed E-state index contributed by atoms with van der Waals surface area (Å²) in [6.45, 7) is 7.75. The third kappa shape index (κ3) is 7.22. The minimum absolute atomic E-state index is 0.0546. The van der Waals surface area contributed by atoms with Gasteiger partial charge in [-0.15, -0.1) is 0 Å². The topological polar surface area (TPSA) is 79.7 Å². The fourth-order valence-corrected chi connectivity index (χ4v) is 6.29. The van der Waals surface area contributed by atoms with Crippen LogP contribution in [0.2, 0.25) is 5.02 Å². The molecule has 7 nitrogen and oxygen atoms in total. The fourth-order valence-electron chi connectivity index (χ4n) is 6.10. The normalized spacial score (nSPS) is 12.4. The first-order valence-electron chi connectivity index (χ1n) is 16.0. The number of methoxy groups -OCH3 is 1. The fraction of sp³-hybridized carbons (Fsp3) is 0.195. The van der Waals surface area contributed by atoms with Gasteiger partial charge in [0.25, 0.3) is 0 Å². The van der Waals surface area contributed by atoms with Crippen LogP contribution >= 0.6 is 11.6 Å². The molecule has 1 unspecified atom stereocenters. The summed E-state index contributed by atoms with van der Waals surface area (Å²) >= 11 is 6.27. The van der Waals surface area contributed by atoms with Crippen LogP contribution in [-0.2, 0) is 20.9 Å². The molecule has 0 bridgehead atoms. The zero-order chi connectivity index (χ0) is 34.7. The van der Waals surface area contributed by atoms with Gasteiger partial charge in [-0.05, 0) is 103 Å². The number of rotatable bonds is 10. The van der Waals surface area contributed by atoms with Crippen molar-refractivity contribution in [3.63, 3.8) is 0 Å². The zero-order valence-corrected chi connectivity index (χ0v) is 28.8. The summed E-state index contributed by atoms with van der Waals surface area (Å²) in [4.78, 5) is 31.5. The van der Waals surface area contributed by atoms with Crippen molar-refractivity contribution in [3.05, 3.63) is 159 Å². The molecule has 0 radical (unpaired) electrons. The van der Waals surface area contributed by atoms with E-state index >= 15 is 0 Å². The molecule has 0 N–H and O–H groups in total. The maximum atomic E-state index is 14.1. The van der Waals surface area contributed by atoms with Gasteiger partial charge in [0.15, 0.2) is 6.10 Å². The van der Waals surface area contributed by atoms with Crippen LogP contribution < -0.4 is 4.74 Å². The van der Waals surface area contributed by atoms with Crippen LogP contribution in [-0.4, -0.2) is 28.6 Å². The molecule has 0 fully saturated rings. The second-order valence-corrected chi connectivity index (χ2v) is 12.6. The Balaban J connectivity index is 1.35. The van der Waals surface area contributed by atoms with Gasteiger partial charge < -0.3 is 18.8 Å². The lowest BCUT2D eigenvalue weighted by Gasteiger charge is -2.26. The molecule has 248 valence electrons. The van der Waals surface area contributed by atoms with Gasteiger partial charge in [0, 0.05) is 39.8 Å². The van der Waals surface area contributed by atoms with Gasteiger partial charge in [0.2, 0.25) is 0 Å². The largest absolute Gasteiger partial charge is 0.497 e. The van der Waals surface area contributed by atoms with Crippen LogP contribution in [0.3, 0.4) is 0 Å². The van der Waals surface area contributed by atoms with E-state index in [1.165, 1.54) is 0 Å². The number of nitrogens with zero attached hydrogens (tertiary/aromatic N) is 2. The van der Waals surface area contributed by atoms with Gasteiger partial charge in [-0.1, -0.05) is 60.1 Å².